The monoisotopic (exact) mass is 197 g/mol. The molecule has 0 radical (unpaired) electrons. The van der Waals surface area contributed by atoms with E-state index in [4.69, 9.17) is 0 Å². The number of esters is 1. The van der Waals surface area contributed by atoms with E-state index in [1.807, 2.05) is 0 Å². The third-order valence-electron chi connectivity index (χ3n) is 1.75. The fourth-order valence-electron chi connectivity index (χ4n) is 1.13. The van der Waals surface area contributed by atoms with Crippen LogP contribution in [0.4, 0.5) is 0 Å². The van der Waals surface area contributed by atoms with Gasteiger partial charge in [0.1, 0.15) is 13.2 Å². The van der Waals surface area contributed by atoms with Crippen molar-refractivity contribution < 1.29 is 19.1 Å². The lowest BCUT2D eigenvalue weighted by Gasteiger charge is -2.12. The van der Waals surface area contributed by atoms with Crippen LogP contribution >= 0.6 is 0 Å². The molecule has 0 aliphatic carbocycles. The summed E-state index contributed by atoms with van der Waals surface area (Å²) in [5, 5.41) is 0. The molecule has 1 heterocycles. The Balaban J connectivity index is 2.37. The van der Waals surface area contributed by atoms with Crippen LogP contribution in [0.25, 0.3) is 0 Å². The molecule has 0 unspecified atom stereocenters. The van der Waals surface area contributed by atoms with Gasteiger partial charge in [-0.05, 0) is 0 Å². The van der Waals surface area contributed by atoms with E-state index in [1.54, 1.807) is 0 Å². The van der Waals surface area contributed by atoms with Crippen molar-refractivity contribution in [2.24, 2.45) is 0 Å². The quantitative estimate of drug-likeness (QED) is 0.347. The Morgan fingerprint density at radius 2 is 2.29 bits per heavy atom. The molecule has 1 rings (SSSR count). The molecule has 1 aliphatic heterocycles. The highest BCUT2D eigenvalue weighted by atomic mass is 16.5. The number of hydrogen-bond donors (Lipinski definition) is 0. The van der Waals surface area contributed by atoms with Crippen molar-refractivity contribution in [3.63, 3.8) is 0 Å². The highest BCUT2D eigenvalue weighted by molar-refractivity contribution is 6.06. The number of carbonyl (C=O) groups excluding carboxylic acids is 3. The Morgan fingerprint density at radius 1 is 1.57 bits per heavy atom. The maximum absolute atomic E-state index is 11.1. The highest BCUT2D eigenvalue weighted by Gasteiger charge is 2.28. The van der Waals surface area contributed by atoms with E-state index in [-0.39, 0.29) is 37.8 Å². The number of ether oxygens (including phenoxy) is 1. The minimum atomic E-state index is -0.520. The molecule has 0 aromatic rings. The van der Waals surface area contributed by atoms with Gasteiger partial charge >= 0.3 is 5.97 Å². The average molecular weight is 197 g/mol. The number of hydrogen-bond acceptors (Lipinski definition) is 4. The molecular weight excluding hydrogens is 186 g/mol. The van der Waals surface area contributed by atoms with Crippen molar-refractivity contribution in [2.45, 2.75) is 6.42 Å². The zero-order valence-corrected chi connectivity index (χ0v) is 7.69. The number of ketones is 1. The second-order valence-electron chi connectivity index (χ2n) is 2.94. The number of likely N-dealkylation sites (tertiary alicyclic amines) is 1. The van der Waals surface area contributed by atoms with Gasteiger partial charge in [-0.1, -0.05) is 12.7 Å². The van der Waals surface area contributed by atoms with Crippen LogP contribution < -0.4 is 0 Å². The first-order valence-corrected chi connectivity index (χ1v) is 4.19. The fraction of sp³-hybridized carbons (Fsp3) is 0.444. The molecule has 0 atom stereocenters. The SMILES string of the molecule is C=CCOC(=O)CN1CC(=O)CC1=O. The Labute approximate surface area is 81.3 Å². The summed E-state index contributed by atoms with van der Waals surface area (Å²) in [6.07, 6.45) is 1.34. The van der Waals surface area contributed by atoms with Crippen molar-refractivity contribution in [1.29, 1.82) is 0 Å². The van der Waals surface area contributed by atoms with Crippen LogP contribution in [0.3, 0.4) is 0 Å². The third kappa shape index (κ3) is 2.69. The molecule has 14 heavy (non-hydrogen) atoms. The zero-order valence-electron chi connectivity index (χ0n) is 7.69. The van der Waals surface area contributed by atoms with E-state index in [1.165, 1.54) is 11.0 Å². The van der Waals surface area contributed by atoms with E-state index >= 15 is 0 Å². The van der Waals surface area contributed by atoms with Crippen LogP contribution in [-0.2, 0) is 19.1 Å². The summed E-state index contributed by atoms with van der Waals surface area (Å²) in [5.41, 5.74) is 0. The fourth-order valence-corrected chi connectivity index (χ4v) is 1.13. The van der Waals surface area contributed by atoms with E-state index in [0.29, 0.717) is 0 Å². The summed E-state index contributed by atoms with van der Waals surface area (Å²) < 4.78 is 4.67. The molecule has 1 saturated heterocycles. The van der Waals surface area contributed by atoms with Gasteiger partial charge in [-0.2, -0.15) is 0 Å². The first-order valence-electron chi connectivity index (χ1n) is 4.19. The topological polar surface area (TPSA) is 63.7 Å². The van der Waals surface area contributed by atoms with E-state index in [9.17, 15) is 14.4 Å². The lowest BCUT2D eigenvalue weighted by atomic mass is 10.3. The highest BCUT2D eigenvalue weighted by Crippen LogP contribution is 2.05. The first kappa shape index (κ1) is 10.4. The molecule has 0 aromatic carbocycles. The van der Waals surface area contributed by atoms with Crippen molar-refractivity contribution in [1.82, 2.24) is 4.90 Å². The van der Waals surface area contributed by atoms with Gasteiger partial charge in [0.25, 0.3) is 0 Å². The normalized spacial score (nSPS) is 15.9. The number of nitrogens with zero attached hydrogens (tertiary/aromatic N) is 1. The van der Waals surface area contributed by atoms with E-state index in [2.05, 4.69) is 11.3 Å². The second kappa shape index (κ2) is 4.55. The minimum absolute atomic E-state index is 0.0159. The summed E-state index contributed by atoms with van der Waals surface area (Å²) in [6.45, 7) is 3.36. The predicted molar refractivity (Wildman–Crippen MR) is 47.4 cm³/mol. The standard InChI is InChI=1S/C9H11NO4/c1-2-3-14-9(13)6-10-5-7(11)4-8(10)12/h2H,1,3-6H2. The molecule has 1 amide bonds. The first-order chi connectivity index (χ1) is 6.63. The Morgan fingerprint density at radius 3 is 2.79 bits per heavy atom. The summed E-state index contributed by atoms with van der Waals surface area (Å²) >= 11 is 0. The molecule has 1 aliphatic rings. The number of carbonyl (C=O) groups is 3. The Bertz CT molecular complexity index is 285. The molecule has 0 saturated carbocycles. The van der Waals surface area contributed by atoms with E-state index < -0.39 is 5.97 Å². The minimum Gasteiger partial charge on any atom is -0.460 e. The second-order valence-corrected chi connectivity index (χ2v) is 2.94. The van der Waals surface area contributed by atoms with Crippen LogP contribution in [0.5, 0.6) is 0 Å². The van der Waals surface area contributed by atoms with Gasteiger partial charge in [0.15, 0.2) is 5.78 Å². The molecule has 5 nitrogen and oxygen atoms in total. The average Bonchev–Trinajstić information content (AvgIpc) is 2.42. The Hall–Kier alpha value is -1.65. The predicted octanol–water partition coefficient (Wildman–Crippen LogP) is -0.483. The summed E-state index contributed by atoms with van der Waals surface area (Å²) in [5.74, 6) is -0.995. The molecule has 76 valence electrons. The van der Waals surface area contributed by atoms with E-state index in [0.717, 1.165) is 0 Å². The summed E-state index contributed by atoms with van der Waals surface area (Å²) in [4.78, 5) is 34.1. The third-order valence-corrected chi connectivity index (χ3v) is 1.75. The van der Waals surface area contributed by atoms with Gasteiger partial charge in [0.2, 0.25) is 5.91 Å². The van der Waals surface area contributed by atoms with Crippen LogP contribution in [-0.4, -0.2) is 42.3 Å². The molecule has 1 fully saturated rings. The molecule has 0 bridgehead atoms. The van der Waals surface area contributed by atoms with Gasteiger partial charge in [0.05, 0.1) is 13.0 Å². The molecule has 5 heteroatoms. The zero-order chi connectivity index (χ0) is 10.6. The molecule has 0 N–H and O–H groups in total. The van der Waals surface area contributed by atoms with Crippen LogP contribution in [0.1, 0.15) is 6.42 Å². The lowest BCUT2D eigenvalue weighted by Crippen LogP contribution is -2.32. The Kier molecular flexibility index (Phi) is 3.39. The number of Topliss-reactive ketones (excluding diaryl/α,β-unsaturated/α-hetero) is 1. The van der Waals surface area contributed by atoms with Crippen molar-refractivity contribution in [2.75, 3.05) is 19.7 Å². The van der Waals surface area contributed by atoms with Gasteiger partial charge < -0.3 is 9.64 Å². The smallest absolute Gasteiger partial charge is 0.325 e. The molecular formula is C9H11NO4. The van der Waals surface area contributed by atoms with Crippen molar-refractivity contribution in [3.8, 4) is 0 Å². The molecule has 0 spiro atoms. The maximum Gasteiger partial charge on any atom is 0.325 e. The van der Waals surface area contributed by atoms with Crippen LogP contribution in [0.2, 0.25) is 0 Å². The number of amides is 1. The van der Waals surface area contributed by atoms with Crippen LogP contribution in [0, 0.1) is 0 Å². The van der Waals surface area contributed by atoms with Crippen molar-refractivity contribution >= 4 is 17.7 Å². The largest absolute Gasteiger partial charge is 0.460 e. The van der Waals surface area contributed by atoms with Gasteiger partial charge in [0, 0.05) is 0 Å². The molecule has 0 aromatic heterocycles. The van der Waals surface area contributed by atoms with Crippen molar-refractivity contribution in [3.05, 3.63) is 12.7 Å². The maximum atomic E-state index is 11.1. The summed E-state index contributed by atoms with van der Waals surface area (Å²) in [7, 11) is 0. The number of rotatable bonds is 4. The summed E-state index contributed by atoms with van der Waals surface area (Å²) in [6, 6.07) is 0. The van der Waals surface area contributed by atoms with Gasteiger partial charge in [-0.3, -0.25) is 14.4 Å². The van der Waals surface area contributed by atoms with Crippen LogP contribution in [0.15, 0.2) is 12.7 Å². The van der Waals surface area contributed by atoms with Gasteiger partial charge in [-0.25, -0.2) is 0 Å². The van der Waals surface area contributed by atoms with Gasteiger partial charge in [-0.15, -0.1) is 0 Å². The lowest BCUT2D eigenvalue weighted by molar-refractivity contribution is -0.147.